The molecule has 0 radical (unpaired) electrons. The first kappa shape index (κ1) is 10.3. The zero-order chi connectivity index (χ0) is 11.8. The SMILES string of the molecule is COc1ccc2nc(-c3ccc(C)s3)nn2c1. The smallest absolute Gasteiger partial charge is 0.192 e. The summed E-state index contributed by atoms with van der Waals surface area (Å²) in [6.07, 6.45) is 1.83. The highest BCUT2D eigenvalue weighted by Crippen LogP contribution is 2.25. The van der Waals surface area contributed by atoms with Crippen LogP contribution in [0.3, 0.4) is 0 Å². The van der Waals surface area contributed by atoms with E-state index in [-0.39, 0.29) is 0 Å². The monoisotopic (exact) mass is 245 g/mol. The first-order chi connectivity index (χ1) is 8.26. The van der Waals surface area contributed by atoms with Gasteiger partial charge >= 0.3 is 0 Å². The summed E-state index contributed by atoms with van der Waals surface area (Å²) in [6.45, 7) is 2.08. The van der Waals surface area contributed by atoms with Crippen LogP contribution in [-0.2, 0) is 0 Å². The van der Waals surface area contributed by atoms with Gasteiger partial charge in [-0.25, -0.2) is 9.50 Å². The lowest BCUT2D eigenvalue weighted by atomic mass is 10.4. The third-order valence-electron chi connectivity index (χ3n) is 2.50. The third kappa shape index (κ3) is 1.78. The van der Waals surface area contributed by atoms with E-state index in [0.717, 1.165) is 22.1 Å². The van der Waals surface area contributed by atoms with E-state index in [4.69, 9.17) is 4.74 Å². The first-order valence-corrected chi connectivity index (χ1v) is 6.05. The normalized spacial score (nSPS) is 10.9. The number of pyridine rings is 1. The first-order valence-electron chi connectivity index (χ1n) is 5.23. The number of rotatable bonds is 2. The van der Waals surface area contributed by atoms with Crippen LogP contribution in [0.1, 0.15) is 4.88 Å². The molecule has 3 rings (SSSR count). The second kappa shape index (κ2) is 3.85. The molecule has 5 heteroatoms. The number of thiophene rings is 1. The Hall–Kier alpha value is -1.88. The predicted molar refractivity (Wildman–Crippen MR) is 67.6 cm³/mol. The number of hydrogen-bond acceptors (Lipinski definition) is 4. The summed E-state index contributed by atoms with van der Waals surface area (Å²) in [5.74, 6) is 1.53. The highest BCUT2D eigenvalue weighted by Gasteiger charge is 2.08. The van der Waals surface area contributed by atoms with Gasteiger partial charge in [-0.05, 0) is 31.2 Å². The molecule has 0 bridgehead atoms. The van der Waals surface area contributed by atoms with Gasteiger partial charge < -0.3 is 4.74 Å². The zero-order valence-corrected chi connectivity index (χ0v) is 10.4. The molecule has 0 atom stereocenters. The molecule has 0 aliphatic rings. The number of aromatic nitrogens is 3. The van der Waals surface area contributed by atoms with Crippen LogP contribution < -0.4 is 4.74 Å². The van der Waals surface area contributed by atoms with Crippen molar-refractivity contribution in [2.24, 2.45) is 0 Å². The molecule has 0 saturated carbocycles. The molecule has 3 heterocycles. The molecule has 4 nitrogen and oxygen atoms in total. The Kier molecular flexibility index (Phi) is 2.33. The Morgan fingerprint density at radius 2 is 2.12 bits per heavy atom. The van der Waals surface area contributed by atoms with Crippen molar-refractivity contribution in [3.63, 3.8) is 0 Å². The summed E-state index contributed by atoms with van der Waals surface area (Å²) >= 11 is 1.70. The minimum atomic E-state index is 0.761. The maximum atomic E-state index is 5.16. The molecular formula is C12H11N3OS. The fraction of sp³-hybridized carbons (Fsp3) is 0.167. The van der Waals surface area contributed by atoms with Crippen molar-refractivity contribution >= 4 is 17.0 Å². The molecule has 3 aromatic rings. The van der Waals surface area contributed by atoms with Crippen molar-refractivity contribution < 1.29 is 4.74 Å². The lowest BCUT2D eigenvalue weighted by Crippen LogP contribution is -1.89. The average Bonchev–Trinajstić information content (AvgIpc) is 2.93. The summed E-state index contributed by atoms with van der Waals surface area (Å²) in [4.78, 5) is 6.83. The fourth-order valence-corrected chi connectivity index (χ4v) is 2.44. The third-order valence-corrected chi connectivity index (χ3v) is 3.50. The summed E-state index contributed by atoms with van der Waals surface area (Å²) < 4.78 is 6.89. The van der Waals surface area contributed by atoms with Crippen LogP contribution in [0, 0.1) is 6.92 Å². The largest absolute Gasteiger partial charge is 0.495 e. The molecule has 17 heavy (non-hydrogen) atoms. The molecule has 0 aliphatic carbocycles. The van der Waals surface area contributed by atoms with Crippen molar-refractivity contribution in [3.8, 4) is 16.5 Å². The van der Waals surface area contributed by atoms with Crippen LogP contribution >= 0.6 is 11.3 Å². The Morgan fingerprint density at radius 1 is 1.24 bits per heavy atom. The van der Waals surface area contributed by atoms with E-state index in [1.807, 2.05) is 24.4 Å². The predicted octanol–water partition coefficient (Wildman–Crippen LogP) is 2.77. The number of aryl methyl sites for hydroxylation is 1. The van der Waals surface area contributed by atoms with E-state index in [0.29, 0.717) is 0 Å². The standard InChI is InChI=1S/C12H11N3OS/c1-8-3-5-10(17-8)12-13-11-6-4-9(16-2)7-15(11)14-12/h3-7H,1-2H3. The van der Waals surface area contributed by atoms with E-state index < -0.39 is 0 Å². The van der Waals surface area contributed by atoms with Gasteiger partial charge in [0, 0.05) is 4.88 Å². The van der Waals surface area contributed by atoms with Gasteiger partial charge in [0.2, 0.25) is 0 Å². The van der Waals surface area contributed by atoms with E-state index in [2.05, 4.69) is 23.1 Å². The average molecular weight is 245 g/mol. The maximum absolute atomic E-state index is 5.16. The fourth-order valence-electron chi connectivity index (χ4n) is 1.64. The van der Waals surface area contributed by atoms with Crippen LogP contribution in [0.15, 0.2) is 30.5 Å². The topological polar surface area (TPSA) is 39.4 Å². The molecule has 0 aromatic carbocycles. The lowest BCUT2D eigenvalue weighted by molar-refractivity contribution is 0.411. The van der Waals surface area contributed by atoms with Gasteiger partial charge in [-0.1, -0.05) is 0 Å². The van der Waals surface area contributed by atoms with Gasteiger partial charge in [-0.3, -0.25) is 0 Å². The molecule has 0 amide bonds. The van der Waals surface area contributed by atoms with Gasteiger partial charge in [0.05, 0.1) is 18.2 Å². The number of methoxy groups -OCH3 is 1. The number of nitrogens with zero attached hydrogens (tertiary/aromatic N) is 3. The number of ether oxygens (including phenoxy) is 1. The molecule has 0 spiro atoms. The molecule has 0 N–H and O–H groups in total. The molecule has 0 aliphatic heterocycles. The molecule has 0 fully saturated rings. The number of hydrogen-bond donors (Lipinski definition) is 0. The maximum Gasteiger partial charge on any atom is 0.192 e. The van der Waals surface area contributed by atoms with Crippen molar-refractivity contribution in [3.05, 3.63) is 35.3 Å². The highest BCUT2D eigenvalue weighted by atomic mass is 32.1. The minimum Gasteiger partial charge on any atom is -0.495 e. The Balaban J connectivity index is 2.13. The van der Waals surface area contributed by atoms with Crippen LogP contribution in [0.5, 0.6) is 5.75 Å². The van der Waals surface area contributed by atoms with E-state index in [1.165, 1.54) is 4.88 Å². The number of fused-ring (bicyclic) bond motifs is 1. The quantitative estimate of drug-likeness (QED) is 0.697. The Morgan fingerprint density at radius 3 is 2.82 bits per heavy atom. The molecule has 0 saturated heterocycles. The zero-order valence-electron chi connectivity index (χ0n) is 9.54. The summed E-state index contributed by atoms with van der Waals surface area (Å²) in [7, 11) is 1.64. The van der Waals surface area contributed by atoms with Gasteiger partial charge in [0.15, 0.2) is 11.5 Å². The highest BCUT2D eigenvalue weighted by molar-refractivity contribution is 7.15. The van der Waals surface area contributed by atoms with Crippen molar-refractivity contribution in [2.75, 3.05) is 7.11 Å². The second-order valence-corrected chi connectivity index (χ2v) is 5.01. The Labute approximate surface area is 102 Å². The Bertz CT molecular complexity index is 671. The van der Waals surface area contributed by atoms with E-state index in [9.17, 15) is 0 Å². The molecular weight excluding hydrogens is 234 g/mol. The molecule has 86 valence electrons. The van der Waals surface area contributed by atoms with Crippen LogP contribution in [0.4, 0.5) is 0 Å². The summed E-state index contributed by atoms with van der Waals surface area (Å²) in [5, 5.41) is 4.44. The molecule has 0 unspecified atom stereocenters. The molecule has 3 aromatic heterocycles. The van der Waals surface area contributed by atoms with Gasteiger partial charge in [-0.2, -0.15) is 0 Å². The minimum absolute atomic E-state index is 0.761. The summed E-state index contributed by atoms with van der Waals surface area (Å²) in [6, 6.07) is 7.90. The van der Waals surface area contributed by atoms with Crippen LogP contribution in [-0.4, -0.2) is 21.7 Å². The van der Waals surface area contributed by atoms with Crippen molar-refractivity contribution in [1.82, 2.24) is 14.6 Å². The van der Waals surface area contributed by atoms with Crippen molar-refractivity contribution in [1.29, 1.82) is 0 Å². The van der Waals surface area contributed by atoms with Gasteiger partial charge in [0.1, 0.15) is 5.75 Å². The van der Waals surface area contributed by atoms with Crippen LogP contribution in [0.2, 0.25) is 0 Å². The van der Waals surface area contributed by atoms with Crippen LogP contribution in [0.25, 0.3) is 16.3 Å². The van der Waals surface area contributed by atoms with E-state index in [1.54, 1.807) is 23.0 Å². The summed E-state index contributed by atoms with van der Waals surface area (Å²) in [5.41, 5.74) is 0.826. The van der Waals surface area contributed by atoms with Gasteiger partial charge in [-0.15, -0.1) is 16.4 Å². The van der Waals surface area contributed by atoms with Crippen molar-refractivity contribution in [2.45, 2.75) is 6.92 Å². The van der Waals surface area contributed by atoms with E-state index >= 15 is 0 Å². The second-order valence-electron chi connectivity index (χ2n) is 3.72. The van der Waals surface area contributed by atoms with Gasteiger partial charge in [0.25, 0.3) is 0 Å². The lowest BCUT2D eigenvalue weighted by Gasteiger charge is -1.97.